The smallest absolute Gasteiger partial charge is 0.126 e. The molecule has 0 spiro atoms. The van der Waals surface area contributed by atoms with Crippen molar-refractivity contribution in [1.29, 1.82) is 0 Å². The minimum atomic E-state index is -0.521. The van der Waals surface area contributed by atoms with E-state index in [-0.39, 0.29) is 11.6 Å². The van der Waals surface area contributed by atoms with Gasteiger partial charge in [0.15, 0.2) is 0 Å². The molecular formula is C15H22F2N2. The zero-order valence-corrected chi connectivity index (χ0v) is 11.8. The monoisotopic (exact) mass is 268 g/mol. The van der Waals surface area contributed by atoms with E-state index >= 15 is 0 Å². The van der Waals surface area contributed by atoms with Gasteiger partial charge in [-0.25, -0.2) is 8.78 Å². The summed E-state index contributed by atoms with van der Waals surface area (Å²) < 4.78 is 26.8. The molecule has 1 aromatic rings. The van der Waals surface area contributed by atoms with Gasteiger partial charge >= 0.3 is 0 Å². The number of rotatable bonds is 4. The Balaban J connectivity index is 2.32. The van der Waals surface area contributed by atoms with E-state index in [2.05, 4.69) is 24.1 Å². The SMILES string of the molecule is CNC(c1cc(F)cc(F)c1)C(C)(C)N1CCCC1. The average Bonchev–Trinajstić information content (AvgIpc) is 2.81. The zero-order valence-electron chi connectivity index (χ0n) is 11.8. The van der Waals surface area contributed by atoms with Gasteiger partial charge in [-0.3, -0.25) is 4.90 Å². The maximum atomic E-state index is 13.4. The van der Waals surface area contributed by atoms with Gasteiger partial charge in [-0.2, -0.15) is 0 Å². The van der Waals surface area contributed by atoms with Crippen LogP contribution in [0.5, 0.6) is 0 Å². The molecule has 1 aromatic carbocycles. The number of nitrogens with one attached hydrogen (secondary N) is 1. The third kappa shape index (κ3) is 2.95. The molecule has 0 amide bonds. The number of benzene rings is 1. The molecule has 1 N–H and O–H groups in total. The molecule has 106 valence electrons. The molecule has 1 aliphatic rings. The molecule has 1 saturated heterocycles. The molecule has 1 atom stereocenters. The van der Waals surface area contributed by atoms with Crippen LogP contribution in [-0.4, -0.2) is 30.6 Å². The highest BCUT2D eigenvalue weighted by Gasteiger charge is 2.37. The van der Waals surface area contributed by atoms with Crippen molar-refractivity contribution in [3.05, 3.63) is 35.4 Å². The van der Waals surface area contributed by atoms with E-state index < -0.39 is 11.6 Å². The van der Waals surface area contributed by atoms with Crippen molar-refractivity contribution >= 4 is 0 Å². The molecule has 19 heavy (non-hydrogen) atoms. The van der Waals surface area contributed by atoms with E-state index in [9.17, 15) is 8.78 Å². The average molecular weight is 268 g/mol. The van der Waals surface area contributed by atoms with Crippen LogP contribution in [0.15, 0.2) is 18.2 Å². The Morgan fingerprint density at radius 3 is 2.11 bits per heavy atom. The van der Waals surface area contributed by atoms with Crippen molar-refractivity contribution in [2.45, 2.75) is 38.3 Å². The fraction of sp³-hybridized carbons (Fsp3) is 0.600. The molecule has 1 heterocycles. The van der Waals surface area contributed by atoms with E-state index in [1.54, 1.807) is 0 Å². The Kier molecular flexibility index (Phi) is 4.21. The Morgan fingerprint density at radius 2 is 1.63 bits per heavy atom. The molecule has 1 fully saturated rings. The van der Waals surface area contributed by atoms with E-state index in [1.165, 1.54) is 25.0 Å². The van der Waals surface area contributed by atoms with Crippen LogP contribution in [-0.2, 0) is 0 Å². The van der Waals surface area contributed by atoms with Crippen molar-refractivity contribution in [2.75, 3.05) is 20.1 Å². The molecular weight excluding hydrogens is 246 g/mol. The summed E-state index contributed by atoms with van der Waals surface area (Å²) in [7, 11) is 1.84. The second-order valence-electron chi connectivity index (χ2n) is 5.77. The third-order valence-corrected chi connectivity index (χ3v) is 4.13. The Morgan fingerprint density at radius 1 is 1.11 bits per heavy atom. The fourth-order valence-corrected chi connectivity index (χ4v) is 3.15. The summed E-state index contributed by atoms with van der Waals surface area (Å²) in [5, 5.41) is 3.21. The molecule has 0 aliphatic carbocycles. The summed E-state index contributed by atoms with van der Waals surface area (Å²) in [5.74, 6) is -1.04. The maximum Gasteiger partial charge on any atom is 0.126 e. The van der Waals surface area contributed by atoms with Crippen molar-refractivity contribution in [2.24, 2.45) is 0 Å². The van der Waals surface area contributed by atoms with Gasteiger partial charge in [-0.15, -0.1) is 0 Å². The largest absolute Gasteiger partial charge is 0.311 e. The standard InChI is InChI=1S/C15H22F2N2/c1-15(2,19-6-4-5-7-19)14(18-3)11-8-12(16)10-13(17)9-11/h8-10,14,18H,4-7H2,1-3H3. The first-order valence-electron chi connectivity index (χ1n) is 6.83. The number of halogens is 2. The van der Waals surface area contributed by atoms with E-state index in [1.807, 2.05) is 7.05 Å². The number of hydrogen-bond acceptors (Lipinski definition) is 2. The molecule has 4 heteroatoms. The molecule has 1 aliphatic heterocycles. The molecule has 2 rings (SSSR count). The zero-order chi connectivity index (χ0) is 14.0. The second-order valence-corrected chi connectivity index (χ2v) is 5.77. The van der Waals surface area contributed by atoms with Crippen LogP contribution in [0.1, 0.15) is 38.3 Å². The molecule has 0 aromatic heterocycles. The first kappa shape index (κ1) is 14.4. The van der Waals surface area contributed by atoms with Crippen LogP contribution >= 0.6 is 0 Å². The second kappa shape index (κ2) is 5.55. The minimum Gasteiger partial charge on any atom is -0.311 e. The van der Waals surface area contributed by atoms with Crippen molar-refractivity contribution in [1.82, 2.24) is 10.2 Å². The van der Waals surface area contributed by atoms with Crippen LogP contribution in [0.25, 0.3) is 0 Å². The fourth-order valence-electron chi connectivity index (χ4n) is 3.15. The van der Waals surface area contributed by atoms with E-state index in [4.69, 9.17) is 0 Å². The van der Waals surface area contributed by atoms with Gasteiger partial charge in [0.1, 0.15) is 11.6 Å². The first-order valence-corrected chi connectivity index (χ1v) is 6.83. The molecule has 0 bridgehead atoms. The Labute approximate surface area is 113 Å². The Hall–Kier alpha value is -1.00. The topological polar surface area (TPSA) is 15.3 Å². The van der Waals surface area contributed by atoms with E-state index in [0.29, 0.717) is 5.56 Å². The lowest BCUT2D eigenvalue weighted by atomic mass is 9.87. The summed E-state index contributed by atoms with van der Waals surface area (Å²) in [6.45, 7) is 6.34. The Bertz CT molecular complexity index is 420. The van der Waals surface area contributed by atoms with Gasteiger partial charge in [0.25, 0.3) is 0 Å². The maximum absolute atomic E-state index is 13.4. The van der Waals surface area contributed by atoms with Gasteiger partial charge in [0.05, 0.1) is 6.04 Å². The highest BCUT2D eigenvalue weighted by atomic mass is 19.1. The number of nitrogens with zero attached hydrogens (tertiary/aromatic N) is 1. The van der Waals surface area contributed by atoms with Gasteiger partial charge in [-0.1, -0.05) is 0 Å². The predicted molar refractivity (Wildman–Crippen MR) is 73.0 cm³/mol. The minimum absolute atomic E-state index is 0.101. The summed E-state index contributed by atoms with van der Waals surface area (Å²) in [4.78, 5) is 2.39. The van der Waals surface area contributed by atoms with Crippen molar-refractivity contribution in [3.8, 4) is 0 Å². The highest BCUT2D eigenvalue weighted by Crippen LogP contribution is 2.33. The molecule has 1 unspecified atom stereocenters. The molecule has 0 radical (unpaired) electrons. The van der Waals surface area contributed by atoms with Crippen LogP contribution in [0, 0.1) is 11.6 Å². The number of likely N-dealkylation sites (tertiary alicyclic amines) is 1. The summed E-state index contributed by atoms with van der Waals surface area (Å²) in [6.07, 6.45) is 2.38. The number of likely N-dealkylation sites (N-methyl/N-ethyl adjacent to an activating group) is 1. The van der Waals surface area contributed by atoms with Crippen LogP contribution in [0.4, 0.5) is 8.78 Å². The lowest BCUT2D eigenvalue weighted by Gasteiger charge is -2.42. The normalized spacial score (nSPS) is 18.8. The molecule has 0 saturated carbocycles. The highest BCUT2D eigenvalue weighted by molar-refractivity contribution is 5.24. The van der Waals surface area contributed by atoms with E-state index in [0.717, 1.165) is 19.2 Å². The summed E-state index contributed by atoms with van der Waals surface area (Å²) >= 11 is 0. The summed E-state index contributed by atoms with van der Waals surface area (Å²) in [5.41, 5.74) is 0.489. The van der Waals surface area contributed by atoms with Gasteiger partial charge in [-0.05, 0) is 64.5 Å². The lowest BCUT2D eigenvalue weighted by molar-refractivity contribution is 0.110. The predicted octanol–water partition coefficient (Wildman–Crippen LogP) is 3.10. The van der Waals surface area contributed by atoms with Crippen LogP contribution in [0.3, 0.4) is 0 Å². The quantitative estimate of drug-likeness (QED) is 0.902. The third-order valence-electron chi connectivity index (χ3n) is 4.13. The van der Waals surface area contributed by atoms with Gasteiger partial charge in [0.2, 0.25) is 0 Å². The summed E-state index contributed by atoms with van der Waals surface area (Å²) in [6, 6.07) is 3.65. The molecule has 2 nitrogen and oxygen atoms in total. The van der Waals surface area contributed by atoms with Crippen molar-refractivity contribution < 1.29 is 8.78 Å². The lowest BCUT2D eigenvalue weighted by Crippen LogP contribution is -2.50. The first-order chi connectivity index (χ1) is 8.95. The van der Waals surface area contributed by atoms with Crippen LogP contribution in [0.2, 0.25) is 0 Å². The van der Waals surface area contributed by atoms with Gasteiger partial charge in [0, 0.05) is 11.6 Å². The van der Waals surface area contributed by atoms with Crippen LogP contribution < -0.4 is 5.32 Å². The van der Waals surface area contributed by atoms with Gasteiger partial charge < -0.3 is 5.32 Å². The van der Waals surface area contributed by atoms with Crippen molar-refractivity contribution in [3.63, 3.8) is 0 Å². The number of hydrogen-bond donors (Lipinski definition) is 1.